The van der Waals surface area contributed by atoms with Crippen LogP contribution in [0, 0.1) is 38.5 Å². The molecule has 2 aliphatic heterocycles. The van der Waals surface area contributed by atoms with Crippen LogP contribution in [0.4, 0.5) is 10.5 Å². The molecule has 2 amide bonds. The van der Waals surface area contributed by atoms with E-state index in [2.05, 4.69) is 11.8 Å². The van der Waals surface area contributed by atoms with Crippen LogP contribution in [0.15, 0.2) is 36.4 Å². The smallest absolute Gasteiger partial charge is 0.411 e. The molecule has 3 atom stereocenters. The number of carbonyl (C=O) groups excluding carboxylic acids is 1. The van der Waals surface area contributed by atoms with Gasteiger partial charge < -0.3 is 14.9 Å². The lowest BCUT2D eigenvalue weighted by atomic mass is 10.0. The number of amides is 2. The maximum absolute atomic E-state index is 13.2. The first-order valence-corrected chi connectivity index (χ1v) is 12.4. The fraction of sp³-hybridized carbons (Fsp3) is 0.481. The van der Waals surface area contributed by atoms with Gasteiger partial charge in [-0.1, -0.05) is 42.8 Å². The second kappa shape index (κ2) is 9.96. The number of nitrogens with zero attached hydrogens (tertiary/aromatic N) is 3. The summed E-state index contributed by atoms with van der Waals surface area (Å²) in [7, 11) is 0. The van der Waals surface area contributed by atoms with Gasteiger partial charge in [0.25, 0.3) is 5.91 Å². The number of halogens is 1. The molecule has 2 saturated heterocycles. The lowest BCUT2D eigenvalue weighted by molar-refractivity contribution is 0.0771. The Morgan fingerprint density at radius 2 is 1.65 bits per heavy atom. The van der Waals surface area contributed by atoms with Crippen LogP contribution >= 0.6 is 11.6 Å². The monoisotopic (exact) mass is 483 g/mol. The molecule has 2 heterocycles. The summed E-state index contributed by atoms with van der Waals surface area (Å²) in [5.41, 5.74) is 4.45. The average molecular weight is 484 g/mol. The van der Waals surface area contributed by atoms with E-state index in [1.165, 1.54) is 4.90 Å². The van der Waals surface area contributed by atoms with Gasteiger partial charge in [-0.3, -0.25) is 9.69 Å². The zero-order valence-electron chi connectivity index (χ0n) is 20.4. The summed E-state index contributed by atoms with van der Waals surface area (Å²) < 4.78 is 0. The summed E-state index contributed by atoms with van der Waals surface area (Å²) in [6.45, 7) is 12.8. The summed E-state index contributed by atoms with van der Waals surface area (Å²) in [4.78, 5) is 31.0. The molecule has 0 saturated carbocycles. The minimum absolute atomic E-state index is 0.152. The number of hydrogen-bond donors (Lipinski definition) is 1. The second-order valence-electron chi connectivity index (χ2n) is 10.1. The van der Waals surface area contributed by atoms with Crippen LogP contribution < -0.4 is 4.90 Å². The predicted molar refractivity (Wildman–Crippen MR) is 136 cm³/mol. The third-order valence-electron chi connectivity index (χ3n) is 7.31. The van der Waals surface area contributed by atoms with Gasteiger partial charge in [-0.15, -0.1) is 0 Å². The molecule has 182 valence electrons. The van der Waals surface area contributed by atoms with Crippen molar-refractivity contribution in [3.8, 4) is 0 Å². The van der Waals surface area contributed by atoms with Crippen molar-refractivity contribution in [2.45, 2.75) is 27.7 Å². The third kappa shape index (κ3) is 5.08. The predicted octanol–water partition coefficient (Wildman–Crippen LogP) is 5.09. The molecule has 0 radical (unpaired) electrons. The number of fused-ring (bicyclic) bond motifs is 1. The molecule has 2 aliphatic rings. The summed E-state index contributed by atoms with van der Waals surface area (Å²) >= 11 is 6.23. The highest BCUT2D eigenvalue weighted by molar-refractivity contribution is 6.31. The number of carboxylic acid groups (broad SMARTS) is 1. The van der Waals surface area contributed by atoms with E-state index in [4.69, 9.17) is 11.6 Å². The van der Waals surface area contributed by atoms with Crippen LogP contribution in [-0.2, 0) is 0 Å². The number of benzene rings is 2. The molecule has 0 bridgehead atoms. The molecule has 34 heavy (non-hydrogen) atoms. The van der Waals surface area contributed by atoms with E-state index in [0.717, 1.165) is 55.0 Å². The number of hydrogen-bond acceptors (Lipinski definition) is 3. The van der Waals surface area contributed by atoms with Gasteiger partial charge in [0.2, 0.25) is 0 Å². The van der Waals surface area contributed by atoms with E-state index in [1.807, 2.05) is 56.0 Å². The highest BCUT2D eigenvalue weighted by Crippen LogP contribution is 2.33. The van der Waals surface area contributed by atoms with Crippen molar-refractivity contribution in [3.63, 3.8) is 0 Å². The van der Waals surface area contributed by atoms with Crippen molar-refractivity contribution >= 4 is 29.3 Å². The Balaban J connectivity index is 1.33. The van der Waals surface area contributed by atoms with E-state index in [-0.39, 0.29) is 11.8 Å². The molecule has 6 nitrogen and oxygen atoms in total. The average Bonchev–Trinajstić information content (AvgIpc) is 3.32. The van der Waals surface area contributed by atoms with E-state index in [0.29, 0.717) is 29.1 Å². The normalized spacial score (nSPS) is 20.9. The zero-order valence-corrected chi connectivity index (χ0v) is 21.2. The molecule has 3 unspecified atom stereocenters. The molecule has 0 spiro atoms. The first-order chi connectivity index (χ1) is 16.1. The Kier molecular flexibility index (Phi) is 7.20. The fourth-order valence-corrected chi connectivity index (χ4v) is 5.74. The van der Waals surface area contributed by atoms with Crippen LogP contribution in [0.25, 0.3) is 0 Å². The number of aryl methyl sites for hydroxylation is 3. The van der Waals surface area contributed by atoms with Gasteiger partial charge in [0.05, 0.1) is 0 Å². The van der Waals surface area contributed by atoms with Crippen LogP contribution in [0.3, 0.4) is 0 Å². The molecule has 2 fully saturated rings. The third-order valence-corrected chi connectivity index (χ3v) is 7.71. The molecule has 4 rings (SSSR count). The summed E-state index contributed by atoms with van der Waals surface area (Å²) in [5.74, 6) is 1.28. The number of likely N-dealkylation sites (tertiary alicyclic amines) is 2. The Morgan fingerprint density at radius 3 is 2.21 bits per heavy atom. The topological polar surface area (TPSA) is 64.1 Å². The van der Waals surface area contributed by atoms with Gasteiger partial charge in [-0.05, 0) is 67.3 Å². The Labute approximate surface area is 207 Å². The highest BCUT2D eigenvalue weighted by Gasteiger charge is 2.42. The van der Waals surface area contributed by atoms with Crippen molar-refractivity contribution in [2.75, 3.05) is 44.2 Å². The van der Waals surface area contributed by atoms with Gasteiger partial charge in [-0.25, -0.2) is 4.79 Å². The fourth-order valence-electron chi connectivity index (χ4n) is 5.57. The van der Waals surface area contributed by atoms with Crippen LogP contribution in [0.2, 0.25) is 5.02 Å². The molecule has 7 heteroatoms. The lowest BCUT2D eigenvalue weighted by Crippen LogP contribution is -2.39. The molecule has 0 aliphatic carbocycles. The SMILES string of the molecule is Cc1ccc(N(CC(C)CN2CC3CN(C(=O)c4c(C)cccc4C)CC3C2)C(=O)O)cc1Cl. The number of rotatable bonds is 6. The first kappa shape index (κ1) is 24.6. The van der Waals surface area contributed by atoms with Gasteiger partial charge in [0, 0.05) is 55.5 Å². The van der Waals surface area contributed by atoms with Crippen LogP contribution in [0.5, 0.6) is 0 Å². The summed E-state index contributed by atoms with van der Waals surface area (Å²) in [6, 6.07) is 11.4. The minimum Gasteiger partial charge on any atom is -0.465 e. The van der Waals surface area contributed by atoms with E-state index in [1.54, 1.807) is 6.07 Å². The molecular weight excluding hydrogens is 450 g/mol. The quantitative estimate of drug-likeness (QED) is 0.621. The van der Waals surface area contributed by atoms with Crippen molar-refractivity contribution in [1.82, 2.24) is 9.80 Å². The maximum Gasteiger partial charge on any atom is 0.411 e. The first-order valence-electron chi connectivity index (χ1n) is 12.0. The Hall–Kier alpha value is -2.57. The van der Waals surface area contributed by atoms with E-state index < -0.39 is 6.09 Å². The molecule has 1 N–H and O–H groups in total. The Morgan fingerprint density at radius 1 is 1.03 bits per heavy atom. The van der Waals surface area contributed by atoms with Crippen LogP contribution in [0.1, 0.15) is 34.0 Å². The highest BCUT2D eigenvalue weighted by atomic mass is 35.5. The second-order valence-corrected chi connectivity index (χ2v) is 10.6. The largest absolute Gasteiger partial charge is 0.465 e. The summed E-state index contributed by atoms with van der Waals surface area (Å²) in [6.07, 6.45) is -0.967. The lowest BCUT2D eigenvalue weighted by Gasteiger charge is -2.28. The van der Waals surface area contributed by atoms with E-state index >= 15 is 0 Å². The van der Waals surface area contributed by atoms with Gasteiger partial charge in [0.1, 0.15) is 0 Å². The van der Waals surface area contributed by atoms with Crippen molar-refractivity contribution < 1.29 is 14.7 Å². The molecule has 2 aromatic carbocycles. The minimum atomic E-state index is -0.967. The molecular formula is C27H34ClN3O3. The van der Waals surface area contributed by atoms with Crippen molar-refractivity contribution in [1.29, 1.82) is 0 Å². The summed E-state index contributed by atoms with van der Waals surface area (Å²) in [5, 5.41) is 10.3. The molecule has 2 aromatic rings. The number of carbonyl (C=O) groups is 2. The van der Waals surface area contributed by atoms with E-state index in [9.17, 15) is 14.7 Å². The maximum atomic E-state index is 13.2. The van der Waals surface area contributed by atoms with Crippen molar-refractivity contribution in [2.24, 2.45) is 17.8 Å². The van der Waals surface area contributed by atoms with Crippen LogP contribution in [-0.4, -0.2) is 66.2 Å². The van der Waals surface area contributed by atoms with Gasteiger partial charge >= 0.3 is 6.09 Å². The van der Waals surface area contributed by atoms with Crippen molar-refractivity contribution in [3.05, 3.63) is 63.7 Å². The standard InChI is InChI=1S/C27H34ClN3O3/c1-17(12-31(27(33)34)23-9-8-18(2)24(28)10-23)11-29-13-21-15-30(16-22(21)14-29)26(32)25-19(3)6-5-7-20(25)4/h5-10,17,21-22H,11-16H2,1-4H3,(H,33,34). The zero-order chi connectivity index (χ0) is 24.6. The number of anilines is 1. The Bertz CT molecular complexity index is 1050. The van der Waals surface area contributed by atoms with Gasteiger partial charge in [0.15, 0.2) is 0 Å². The molecule has 0 aromatic heterocycles. The van der Waals surface area contributed by atoms with Gasteiger partial charge in [-0.2, -0.15) is 0 Å².